The zero-order valence-electron chi connectivity index (χ0n) is 10.4. The van der Waals surface area contributed by atoms with Crippen LogP contribution in [0.2, 0.25) is 5.28 Å². The average Bonchev–Trinajstić information content (AvgIpc) is 2.42. The summed E-state index contributed by atoms with van der Waals surface area (Å²) in [6.45, 7) is 1.77. The van der Waals surface area contributed by atoms with Gasteiger partial charge in [0.25, 0.3) is 0 Å². The molecular formula is C14H8ClF2N3. The standard InChI is InChI=1S/C14H8ClF2N3/c1-7-2-3-8-4-9(5-10(16)12(8)19-7)13-11(17)6-18-14(15)20-13/h2-6H,1H3. The molecule has 2 aromatic heterocycles. The smallest absolute Gasteiger partial charge is 0.223 e. The van der Waals surface area contributed by atoms with Gasteiger partial charge in [0.15, 0.2) is 5.82 Å². The Labute approximate surface area is 118 Å². The van der Waals surface area contributed by atoms with E-state index in [1.54, 1.807) is 25.1 Å². The fourth-order valence-electron chi connectivity index (χ4n) is 1.97. The summed E-state index contributed by atoms with van der Waals surface area (Å²) in [4.78, 5) is 11.5. The first-order chi connectivity index (χ1) is 9.54. The van der Waals surface area contributed by atoms with Gasteiger partial charge in [0.05, 0.1) is 6.20 Å². The van der Waals surface area contributed by atoms with Crippen molar-refractivity contribution >= 4 is 22.5 Å². The van der Waals surface area contributed by atoms with E-state index in [0.29, 0.717) is 16.6 Å². The van der Waals surface area contributed by atoms with Crippen LogP contribution in [0.25, 0.3) is 22.2 Å². The molecule has 3 rings (SSSR count). The Bertz CT molecular complexity index is 821. The number of aryl methyl sites for hydroxylation is 1. The number of nitrogens with zero attached hydrogens (tertiary/aromatic N) is 3. The van der Waals surface area contributed by atoms with E-state index in [1.165, 1.54) is 6.07 Å². The number of aromatic nitrogens is 3. The maximum Gasteiger partial charge on any atom is 0.223 e. The van der Waals surface area contributed by atoms with E-state index in [2.05, 4.69) is 15.0 Å². The second kappa shape index (κ2) is 4.76. The molecule has 0 amide bonds. The van der Waals surface area contributed by atoms with Gasteiger partial charge in [-0.2, -0.15) is 0 Å². The van der Waals surface area contributed by atoms with Crippen LogP contribution < -0.4 is 0 Å². The summed E-state index contributed by atoms with van der Waals surface area (Å²) in [5, 5.41) is 0.476. The van der Waals surface area contributed by atoms with Gasteiger partial charge in [0.2, 0.25) is 5.28 Å². The van der Waals surface area contributed by atoms with Gasteiger partial charge in [-0.1, -0.05) is 6.07 Å². The van der Waals surface area contributed by atoms with Gasteiger partial charge in [-0.15, -0.1) is 0 Å². The predicted molar refractivity (Wildman–Crippen MR) is 72.4 cm³/mol. The first kappa shape index (κ1) is 12.9. The maximum absolute atomic E-state index is 14.1. The molecule has 3 nitrogen and oxygen atoms in total. The quantitative estimate of drug-likeness (QED) is 0.638. The molecule has 20 heavy (non-hydrogen) atoms. The Morgan fingerprint density at radius 3 is 2.65 bits per heavy atom. The number of hydrogen-bond acceptors (Lipinski definition) is 3. The molecule has 0 spiro atoms. The van der Waals surface area contributed by atoms with Gasteiger partial charge in [0.1, 0.15) is 17.0 Å². The highest BCUT2D eigenvalue weighted by atomic mass is 35.5. The van der Waals surface area contributed by atoms with E-state index < -0.39 is 11.6 Å². The molecule has 0 aliphatic carbocycles. The summed E-state index contributed by atoms with van der Waals surface area (Å²) in [7, 11) is 0. The largest absolute Gasteiger partial charge is 0.250 e. The summed E-state index contributed by atoms with van der Waals surface area (Å²) in [5.41, 5.74) is 1.21. The van der Waals surface area contributed by atoms with Crippen molar-refractivity contribution in [2.24, 2.45) is 0 Å². The second-order valence-corrected chi connectivity index (χ2v) is 4.66. The van der Waals surface area contributed by atoms with Crippen LogP contribution in [0.15, 0.2) is 30.5 Å². The topological polar surface area (TPSA) is 38.7 Å². The molecule has 1 aromatic carbocycles. The monoisotopic (exact) mass is 291 g/mol. The minimum atomic E-state index is -0.659. The number of halogens is 3. The van der Waals surface area contributed by atoms with Gasteiger partial charge in [-0.25, -0.2) is 18.7 Å². The van der Waals surface area contributed by atoms with Crippen molar-refractivity contribution in [3.63, 3.8) is 0 Å². The van der Waals surface area contributed by atoms with E-state index in [9.17, 15) is 8.78 Å². The molecule has 100 valence electrons. The summed E-state index contributed by atoms with van der Waals surface area (Å²) < 4.78 is 27.8. The van der Waals surface area contributed by atoms with Crippen LogP contribution in [0.4, 0.5) is 8.78 Å². The molecule has 0 saturated heterocycles. The van der Waals surface area contributed by atoms with E-state index >= 15 is 0 Å². The zero-order valence-corrected chi connectivity index (χ0v) is 11.1. The number of hydrogen-bond donors (Lipinski definition) is 0. The highest BCUT2D eigenvalue weighted by molar-refractivity contribution is 6.28. The lowest BCUT2D eigenvalue weighted by atomic mass is 10.1. The minimum absolute atomic E-state index is 0.0358. The molecule has 0 N–H and O–H groups in total. The van der Waals surface area contributed by atoms with Crippen LogP contribution >= 0.6 is 11.6 Å². The van der Waals surface area contributed by atoms with Crippen LogP contribution in [0.3, 0.4) is 0 Å². The molecule has 3 aromatic rings. The Hall–Kier alpha value is -2.14. The van der Waals surface area contributed by atoms with Crippen molar-refractivity contribution in [1.82, 2.24) is 15.0 Å². The van der Waals surface area contributed by atoms with E-state index in [4.69, 9.17) is 11.6 Å². The number of rotatable bonds is 1. The van der Waals surface area contributed by atoms with Crippen LogP contribution in [0, 0.1) is 18.6 Å². The van der Waals surface area contributed by atoms with Gasteiger partial charge >= 0.3 is 0 Å². The predicted octanol–water partition coefficient (Wildman–Crippen LogP) is 3.93. The Morgan fingerprint density at radius 2 is 1.85 bits per heavy atom. The fraction of sp³-hybridized carbons (Fsp3) is 0.0714. The normalized spacial score (nSPS) is 11.0. The SMILES string of the molecule is Cc1ccc2cc(-c3nc(Cl)ncc3F)cc(F)c2n1. The number of pyridine rings is 1. The maximum atomic E-state index is 14.1. The van der Waals surface area contributed by atoms with Gasteiger partial charge in [-0.05, 0) is 36.7 Å². The summed E-state index contributed by atoms with van der Waals surface area (Å²) >= 11 is 5.65. The van der Waals surface area contributed by atoms with Crippen LogP contribution in [-0.2, 0) is 0 Å². The molecular weight excluding hydrogens is 284 g/mol. The van der Waals surface area contributed by atoms with Crippen molar-refractivity contribution in [3.05, 3.63) is 53.1 Å². The van der Waals surface area contributed by atoms with Crippen LogP contribution in [0.1, 0.15) is 5.69 Å². The molecule has 0 aliphatic heterocycles. The van der Waals surface area contributed by atoms with Gasteiger partial charge in [-0.3, -0.25) is 4.98 Å². The zero-order chi connectivity index (χ0) is 14.3. The van der Waals surface area contributed by atoms with Crippen molar-refractivity contribution in [2.75, 3.05) is 0 Å². The number of benzene rings is 1. The van der Waals surface area contributed by atoms with Crippen molar-refractivity contribution in [3.8, 4) is 11.3 Å². The van der Waals surface area contributed by atoms with Gasteiger partial charge in [0, 0.05) is 16.6 Å². The lowest BCUT2D eigenvalue weighted by molar-refractivity contribution is 0.616. The van der Waals surface area contributed by atoms with E-state index in [1.807, 2.05) is 0 Å². The van der Waals surface area contributed by atoms with E-state index in [-0.39, 0.29) is 16.5 Å². The third-order valence-electron chi connectivity index (χ3n) is 2.87. The summed E-state index contributed by atoms with van der Waals surface area (Å²) in [6.07, 6.45) is 0.958. The van der Waals surface area contributed by atoms with Crippen molar-refractivity contribution in [1.29, 1.82) is 0 Å². The van der Waals surface area contributed by atoms with Crippen LogP contribution in [-0.4, -0.2) is 15.0 Å². The van der Waals surface area contributed by atoms with Gasteiger partial charge < -0.3 is 0 Å². The van der Waals surface area contributed by atoms with Crippen molar-refractivity contribution < 1.29 is 8.78 Å². The molecule has 0 unspecified atom stereocenters. The lowest BCUT2D eigenvalue weighted by Gasteiger charge is -2.06. The average molecular weight is 292 g/mol. The second-order valence-electron chi connectivity index (χ2n) is 4.32. The summed E-state index contributed by atoms with van der Waals surface area (Å²) in [5.74, 6) is -1.19. The Balaban J connectivity index is 2.27. The van der Waals surface area contributed by atoms with Crippen molar-refractivity contribution in [2.45, 2.75) is 6.92 Å². The molecule has 0 radical (unpaired) electrons. The Morgan fingerprint density at radius 1 is 1.05 bits per heavy atom. The molecule has 2 heterocycles. The molecule has 0 fully saturated rings. The molecule has 0 bridgehead atoms. The molecule has 0 atom stereocenters. The van der Waals surface area contributed by atoms with Crippen LogP contribution in [0.5, 0.6) is 0 Å². The lowest BCUT2D eigenvalue weighted by Crippen LogP contribution is -1.95. The first-order valence-corrected chi connectivity index (χ1v) is 6.18. The molecule has 6 heteroatoms. The fourth-order valence-corrected chi connectivity index (χ4v) is 2.11. The summed E-state index contributed by atoms with van der Waals surface area (Å²) in [6, 6.07) is 6.29. The molecule has 0 saturated carbocycles. The third kappa shape index (κ3) is 2.20. The number of fused-ring (bicyclic) bond motifs is 1. The van der Waals surface area contributed by atoms with E-state index in [0.717, 1.165) is 6.20 Å². The third-order valence-corrected chi connectivity index (χ3v) is 3.06. The first-order valence-electron chi connectivity index (χ1n) is 5.80. The Kier molecular flexibility index (Phi) is 3.06. The minimum Gasteiger partial charge on any atom is -0.250 e. The highest BCUT2D eigenvalue weighted by Crippen LogP contribution is 2.27. The molecule has 0 aliphatic rings. The highest BCUT2D eigenvalue weighted by Gasteiger charge is 2.13.